The van der Waals surface area contributed by atoms with Crippen LogP contribution in [0.2, 0.25) is 0 Å². The van der Waals surface area contributed by atoms with Crippen LogP contribution in [0.25, 0.3) is 0 Å². The highest BCUT2D eigenvalue weighted by Gasteiger charge is 2.05. The molecule has 1 heterocycles. The van der Waals surface area contributed by atoms with E-state index in [0.717, 1.165) is 11.5 Å². The van der Waals surface area contributed by atoms with Gasteiger partial charge in [0.2, 0.25) is 0 Å². The van der Waals surface area contributed by atoms with Crippen molar-refractivity contribution in [3.63, 3.8) is 0 Å². The van der Waals surface area contributed by atoms with E-state index >= 15 is 0 Å². The maximum absolute atomic E-state index is 11.6. The first-order chi connectivity index (χ1) is 8.08. The number of hydrogen-bond donors (Lipinski definition) is 1. The van der Waals surface area contributed by atoms with E-state index in [1.54, 1.807) is 6.92 Å². The van der Waals surface area contributed by atoms with Crippen LogP contribution in [0.3, 0.4) is 0 Å². The Labute approximate surface area is 101 Å². The van der Waals surface area contributed by atoms with Crippen molar-refractivity contribution in [3.05, 3.63) is 62.8 Å². The van der Waals surface area contributed by atoms with Crippen molar-refractivity contribution in [2.45, 2.75) is 27.2 Å². The maximum atomic E-state index is 11.6. The van der Waals surface area contributed by atoms with E-state index in [-0.39, 0.29) is 5.56 Å². The molecule has 2 rings (SSSR count). The maximum Gasteiger partial charge on any atom is 0.254 e. The molecule has 0 aliphatic heterocycles. The molecule has 17 heavy (non-hydrogen) atoms. The number of aryl methyl sites for hydroxylation is 2. The fraction of sp³-hybridized carbons (Fsp3) is 0.286. The van der Waals surface area contributed by atoms with Gasteiger partial charge in [0.15, 0.2) is 0 Å². The number of benzene rings is 1. The summed E-state index contributed by atoms with van der Waals surface area (Å²) in [5.74, 6) is 0.729. The molecule has 88 valence electrons. The van der Waals surface area contributed by atoms with Gasteiger partial charge in [0.05, 0.1) is 0 Å². The summed E-state index contributed by atoms with van der Waals surface area (Å²) < 4.78 is 0. The summed E-state index contributed by atoms with van der Waals surface area (Å²) in [5.41, 5.74) is 3.87. The van der Waals surface area contributed by atoms with E-state index in [1.165, 1.54) is 11.1 Å². The molecule has 3 heteroatoms. The van der Waals surface area contributed by atoms with E-state index in [2.05, 4.69) is 29.0 Å². The molecule has 0 fully saturated rings. The standard InChI is InChI=1S/C14H16N2O/c1-9-6-4-5-7-12(9)8-13-15-11(3)10(2)14(17)16-13/h4-7H,8H2,1-3H3,(H,15,16,17). The van der Waals surface area contributed by atoms with Crippen molar-refractivity contribution in [2.24, 2.45) is 0 Å². The second-order valence-corrected chi connectivity index (χ2v) is 4.33. The quantitative estimate of drug-likeness (QED) is 0.857. The van der Waals surface area contributed by atoms with Gasteiger partial charge >= 0.3 is 0 Å². The minimum absolute atomic E-state index is 0.0407. The Balaban J connectivity index is 2.38. The molecule has 2 aromatic rings. The van der Waals surface area contributed by atoms with Crippen LogP contribution >= 0.6 is 0 Å². The van der Waals surface area contributed by atoms with Crippen molar-refractivity contribution in [3.8, 4) is 0 Å². The van der Waals surface area contributed by atoms with Gasteiger partial charge in [-0.25, -0.2) is 4.98 Å². The number of H-pyrrole nitrogens is 1. The zero-order valence-electron chi connectivity index (χ0n) is 10.4. The van der Waals surface area contributed by atoms with Crippen molar-refractivity contribution >= 4 is 0 Å². The molecule has 0 saturated heterocycles. The van der Waals surface area contributed by atoms with Gasteiger partial charge in [0.1, 0.15) is 5.82 Å². The molecular formula is C14H16N2O. The summed E-state index contributed by atoms with van der Waals surface area (Å²) in [6, 6.07) is 8.13. The average molecular weight is 228 g/mol. The molecule has 1 aromatic carbocycles. The van der Waals surface area contributed by atoms with E-state index < -0.39 is 0 Å². The van der Waals surface area contributed by atoms with Crippen molar-refractivity contribution < 1.29 is 0 Å². The molecule has 0 radical (unpaired) electrons. The monoisotopic (exact) mass is 228 g/mol. The fourth-order valence-corrected chi connectivity index (χ4v) is 1.78. The zero-order valence-corrected chi connectivity index (χ0v) is 10.4. The van der Waals surface area contributed by atoms with Gasteiger partial charge in [0, 0.05) is 17.7 Å². The summed E-state index contributed by atoms with van der Waals surface area (Å²) in [6.07, 6.45) is 0.670. The first kappa shape index (κ1) is 11.6. The van der Waals surface area contributed by atoms with Gasteiger partial charge in [0.25, 0.3) is 5.56 Å². The number of nitrogens with one attached hydrogen (secondary N) is 1. The second-order valence-electron chi connectivity index (χ2n) is 4.33. The third-order valence-corrected chi connectivity index (χ3v) is 3.06. The van der Waals surface area contributed by atoms with E-state index in [9.17, 15) is 4.79 Å². The predicted octanol–water partition coefficient (Wildman–Crippen LogP) is 2.29. The van der Waals surface area contributed by atoms with Crippen LogP contribution < -0.4 is 5.56 Å². The predicted molar refractivity (Wildman–Crippen MR) is 68.3 cm³/mol. The van der Waals surface area contributed by atoms with E-state index in [0.29, 0.717) is 12.0 Å². The van der Waals surface area contributed by atoms with Crippen LogP contribution in [0.15, 0.2) is 29.1 Å². The number of rotatable bonds is 2. The molecule has 0 atom stereocenters. The van der Waals surface area contributed by atoms with Crippen LogP contribution in [0.1, 0.15) is 28.2 Å². The number of aromatic nitrogens is 2. The fourth-order valence-electron chi connectivity index (χ4n) is 1.78. The van der Waals surface area contributed by atoms with Gasteiger partial charge in [-0.15, -0.1) is 0 Å². The normalized spacial score (nSPS) is 10.5. The molecule has 3 nitrogen and oxygen atoms in total. The number of nitrogens with zero attached hydrogens (tertiary/aromatic N) is 1. The third-order valence-electron chi connectivity index (χ3n) is 3.06. The lowest BCUT2D eigenvalue weighted by molar-refractivity contribution is 0.899. The van der Waals surface area contributed by atoms with Crippen molar-refractivity contribution in [2.75, 3.05) is 0 Å². The lowest BCUT2D eigenvalue weighted by Gasteiger charge is -2.06. The largest absolute Gasteiger partial charge is 0.310 e. The first-order valence-electron chi connectivity index (χ1n) is 5.69. The van der Waals surface area contributed by atoms with Gasteiger partial charge in [-0.05, 0) is 31.9 Å². The molecule has 0 spiro atoms. The number of hydrogen-bond acceptors (Lipinski definition) is 2. The highest BCUT2D eigenvalue weighted by Crippen LogP contribution is 2.10. The molecule has 0 aliphatic rings. The van der Waals surface area contributed by atoms with Gasteiger partial charge in [-0.3, -0.25) is 4.79 Å². The molecule has 0 unspecified atom stereocenters. The molecule has 1 aromatic heterocycles. The molecule has 0 aliphatic carbocycles. The lowest BCUT2D eigenvalue weighted by atomic mass is 10.1. The van der Waals surface area contributed by atoms with Crippen LogP contribution in [-0.4, -0.2) is 9.97 Å². The lowest BCUT2D eigenvalue weighted by Crippen LogP contribution is -2.16. The Morgan fingerprint density at radius 3 is 2.53 bits per heavy atom. The molecule has 0 amide bonds. The van der Waals surface area contributed by atoms with E-state index in [4.69, 9.17) is 0 Å². The minimum atomic E-state index is -0.0407. The summed E-state index contributed by atoms with van der Waals surface area (Å²) in [4.78, 5) is 18.9. The topological polar surface area (TPSA) is 45.8 Å². The zero-order chi connectivity index (χ0) is 12.4. The summed E-state index contributed by atoms with van der Waals surface area (Å²) >= 11 is 0. The second kappa shape index (κ2) is 4.53. The van der Waals surface area contributed by atoms with Crippen LogP contribution in [0.4, 0.5) is 0 Å². The van der Waals surface area contributed by atoms with Gasteiger partial charge < -0.3 is 4.98 Å². The van der Waals surface area contributed by atoms with Crippen molar-refractivity contribution in [1.82, 2.24) is 9.97 Å². The molecular weight excluding hydrogens is 212 g/mol. The number of aromatic amines is 1. The Bertz CT molecular complexity index is 599. The van der Waals surface area contributed by atoms with Crippen molar-refractivity contribution in [1.29, 1.82) is 0 Å². The molecule has 0 bridgehead atoms. The summed E-state index contributed by atoms with van der Waals surface area (Å²) in [5, 5.41) is 0. The average Bonchev–Trinajstić information content (AvgIpc) is 2.29. The minimum Gasteiger partial charge on any atom is -0.310 e. The Kier molecular flexibility index (Phi) is 3.09. The van der Waals surface area contributed by atoms with E-state index in [1.807, 2.05) is 19.1 Å². The highest BCUT2D eigenvalue weighted by molar-refractivity contribution is 5.28. The highest BCUT2D eigenvalue weighted by atomic mass is 16.1. The summed E-state index contributed by atoms with van der Waals surface area (Å²) in [7, 11) is 0. The Morgan fingerprint density at radius 1 is 1.18 bits per heavy atom. The van der Waals surface area contributed by atoms with Gasteiger partial charge in [-0.2, -0.15) is 0 Å². The molecule has 0 saturated carbocycles. The van der Waals surface area contributed by atoms with Crippen LogP contribution in [0, 0.1) is 20.8 Å². The van der Waals surface area contributed by atoms with Crippen LogP contribution in [-0.2, 0) is 6.42 Å². The molecule has 1 N–H and O–H groups in total. The SMILES string of the molecule is Cc1ccccc1Cc1nc(C)c(C)c(=O)[nH]1. The summed E-state index contributed by atoms with van der Waals surface area (Å²) in [6.45, 7) is 5.72. The smallest absolute Gasteiger partial charge is 0.254 e. The van der Waals surface area contributed by atoms with Crippen LogP contribution in [0.5, 0.6) is 0 Å². The Hall–Kier alpha value is -1.90. The Morgan fingerprint density at radius 2 is 1.88 bits per heavy atom. The first-order valence-corrected chi connectivity index (χ1v) is 5.69. The third kappa shape index (κ3) is 2.44. The van der Waals surface area contributed by atoms with Gasteiger partial charge in [-0.1, -0.05) is 24.3 Å².